The van der Waals surface area contributed by atoms with Crippen molar-refractivity contribution in [2.45, 2.75) is 65.7 Å². The van der Waals surface area contributed by atoms with E-state index in [1.807, 2.05) is 13.8 Å². The average molecular weight is 243 g/mol. The molecule has 3 heteroatoms. The Kier molecular flexibility index (Phi) is 9.14. The molecule has 0 aliphatic heterocycles. The predicted molar refractivity (Wildman–Crippen MR) is 71.8 cm³/mol. The van der Waals surface area contributed by atoms with Crippen LogP contribution in [-0.4, -0.2) is 19.1 Å². The lowest BCUT2D eigenvalue weighted by Crippen LogP contribution is -2.37. The Morgan fingerprint density at radius 3 is 2.24 bits per heavy atom. The van der Waals surface area contributed by atoms with Crippen LogP contribution in [0.2, 0.25) is 0 Å². The molecule has 0 rings (SSSR count). The van der Waals surface area contributed by atoms with E-state index in [-0.39, 0.29) is 5.97 Å². The minimum atomic E-state index is -0.485. The molecule has 0 aliphatic carbocycles. The van der Waals surface area contributed by atoms with E-state index >= 15 is 0 Å². The number of esters is 1. The van der Waals surface area contributed by atoms with Crippen molar-refractivity contribution >= 4 is 5.97 Å². The first kappa shape index (κ1) is 16.4. The van der Waals surface area contributed by atoms with Crippen LogP contribution in [-0.2, 0) is 9.53 Å². The predicted octanol–water partition coefficient (Wildman–Crippen LogP) is 3.27. The zero-order valence-electron chi connectivity index (χ0n) is 11.8. The number of nitrogens with two attached hydrogens (primary N) is 1. The molecular formula is C14H29NO2. The van der Waals surface area contributed by atoms with Crippen LogP contribution < -0.4 is 5.73 Å². The second-order valence-electron chi connectivity index (χ2n) is 5.00. The molecule has 0 amide bonds. The minimum Gasteiger partial charge on any atom is -0.466 e. The Morgan fingerprint density at radius 1 is 1.12 bits per heavy atom. The molecule has 0 spiro atoms. The van der Waals surface area contributed by atoms with Crippen molar-refractivity contribution in [3.63, 3.8) is 0 Å². The molecule has 0 aromatic heterocycles. The highest BCUT2D eigenvalue weighted by molar-refractivity contribution is 5.76. The highest BCUT2D eigenvalue weighted by Crippen LogP contribution is 2.25. The van der Waals surface area contributed by atoms with Gasteiger partial charge in [0.1, 0.15) is 0 Å². The van der Waals surface area contributed by atoms with Gasteiger partial charge in [0, 0.05) is 6.54 Å². The van der Waals surface area contributed by atoms with Crippen LogP contribution in [0.15, 0.2) is 0 Å². The molecule has 2 N–H and O–H groups in total. The lowest BCUT2D eigenvalue weighted by Gasteiger charge is -2.25. The van der Waals surface area contributed by atoms with E-state index < -0.39 is 5.41 Å². The molecule has 0 aromatic carbocycles. The van der Waals surface area contributed by atoms with Crippen LogP contribution in [0.3, 0.4) is 0 Å². The van der Waals surface area contributed by atoms with E-state index in [4.69, 9.17) is 10.5 Å². The highest BCUT2D eigenvalue weighted by Gasteiger charge is 2.32. The molecule has 1 unspecified atom stereocenters. The molecule has 0 radical (unpaired) electrons. The maximum atomic E-state index is 11.8. The summed E-state index contributed by atoms with van der Waals surface area (Å²) in [4.78, 5) is 11.8. The Bertz CT molecular complexity index is 206. The third kappa shape index (κ3) is 6.67. The van der Waals surface area contributed by atoms with E-state index in [9.17, 15) is 4.79 Å². The van der Waals surface area contributed by atoms with Crippen molar-refractivity contribution in [1.29, 1.82) is 0 Å². The van der Waals surface area contributed by atoms with Gasteiger partial charge in [-0.15, -0.1) is 0 Å². The fraction of sp³-hybridized carbons (Fsp3) is 0.929. The first-order valence-corrected chi connectivity index (χ1v) is 6.98. The number of carbonyl (C=O) groups excluding carboxylic acids is 1. The normalized spacial score (nSPS) is 14.4. The number of carbonyl (C=O) groups is 1. The van der Waals surface area contributed by atoms with Crippen molar-refractivity contribution in [2.24, 2.45) is 11.1 Å². The topological polar surface area (TPSA) is 52.3 Å². The summed E-state index contributed by atoms with van der Waals surface area (Å²) in [6.45, 7) is 6.77. The van der Waals surface area contributed by atoms with Crippen molar-refractivity contribution < 1.29 is 9.53 Å². The fourth-order valence-corrected chi connectivity index (χ4v) is 1.89. The summed E-state index contributed by atoms with van der Waals surface area (Å²) in [5.41, 5.74) is 5.21. The molecule has 0 fully saturated rings. The lowest BCUT2D eigenvalue weighted by molar-refractivity contribution is -0.154. The molecular weight excluding hydrogens is 214 g/mol. The van der Waals surface area contributed by atoms with E-state index in [2.05, 4.69) is 6.92 Å². The molecule has 0 aliphatic rings. The molecule has 0 aromatic rings. The molecule has 0 saturated heterocycles. The van der Waals surface area contributed by atoms with Gasteiger partial charge in [-0.25, -0.2) is 0 Å². The van der Waals surface area contributed by atoms with Crippen molar-refractivity contribution in [3.05, 3.63) is 0 Å². The molecule has 17 heavy (non-hydrogen) atoms. The summed E-state index contributed by atoms with van der Waals surface area (Å²) in [6.07, 6.45) is 8.24. The third-order valence-electron chi connectivity index (χ3n) is 3.30. The van der Waals surface area contributed by atoms with Gasteiger partial charge >= 0.3 is 5.97 Å². The van der Waals surface area contributed by atoms with Gasteiger partial charge in [0.05, 0.1) is 12.0 Å². The summed E-state index contributed by atoms with van der Waals surface area (Å²) >= 11 is 0. The minimum absolute atomic E-state index is 0.143. The van der Waals surface area contributed by atoms with Crippen LogP contribution >= 0.6 is 0 Å². The number of ether oxygens (including phenoxy) is 1. The van der Waals surface area contributed by atoms with Gasteiger partial charge < -0.3 is 10.5 Å². The summed E-state index contributed by atoms with van der Waals surface area (Å²) < 4.78 is 5.07. The maximum Gasteiger partial charge on any atom is 0.313 e. The first-order valence-electron chi connectivity index (χ1n) is 6.98. The monoisotopic (exact) mass is 243 g/mol. The highest BCUT2D eigenvalue weighted by atomic mass is 16.5. The van der Waals surface area contributed by atoms with Gasteiger partial charge in [0.25, 0.3) is 0 Å². The lowest BCUT2D eigenvalue weighted by atomic mass is 9.84. The maximum absolute atomic E-state index is 11.8. The van der Waals surface area contributed by atoms with Crippen molar-refractivity contribution in [2.75, 3.05) is 13.2 Å². The van der Waals surface area contributed by atoms with Gasteiger partial charge in [0.15, 0.2) is 0 Å². The van der Waals surface area contributed by atoms with E-state index in [1.54, 1.807) is 0 Å². The van der Waals surface area contributed by atoms with Crippen LogP contribution in [0, 0.1) is 5.41 Å². The van der Waals surface area contributed by atoms with E-state index in [1.165, 1.54) is 32.1 Å². The van der Waals surface area contributed by atoms with Gasteiger partial charge in [0.2, 0.25) is 0 Å². The van der Waals surface area contributed by atoms with E-state index in [0.29, 0.717) is 13.2 Å². The van der Waals surface area contributed by atoms with Crippen LogP contribution in [0.25, 0.3) is 0 Å². The van der Waals surface area contributed by atoms with Crippen LogP contribution in [0.5, 0.6) is 0 Å². The molecule has 1 atom stereocenters. The average Bonchev–Trinajstić information content (AvgIpc) is 2.33. The molecule has 3 nitrogen and oxygen atoms in total. The second kappa shape index (κ2) is 9.46. The third-order valence-corrected chi connectivity index (χ3v) is 3.30. The Hall–Kier alpha value is -0.570. The summed E-state index contributed by atoms with van der Waals surface area (Å²) in [6, 6.07) is 0. The van der Waals surface area contributed by atoms with Crippen LogP contribution in [0.1, 0.15) is 65.7 Å². The SMILES string of the molecule is CCCCCCCCC(C)(CN)C(=O)OCC. The van der Waals surface area contributed by atoms with E-state index in [0.717, 1.165) is 12.8 Å². The number of rotatable bonds is 10. The summed E-state index contributed by atoms with van der Waals surface area (Å²) in [5.74, 6) is -0.143. The molecule has 0 bridgehead atoms. The van der Waals surface area contributed by atoms with Crippen molar-refractivity contribution in [3.8, 4) is 0 Å². The smallest absolute Gasteiger partial charge is 0.313 e. The van der Waals surface area contributed by atoms with Gasteiger partial charge in [-0.2, -0.15) is 0 Å². The van der Waals surface area contributed by atoms with Crippen LogP contribution in [0.4, 0.5) is 0 Å². The fourth-order valence-electron chi connectivity index (χ4n) is 1.89. The largest absolute Gasteiger partial charge is 0.466 e. The van der Waals surface area contributed by atoms with Crippen molar-refractivity contribution in [1.82, 2.24) is 0 Å². The van der Waals surface area contributed by atoms with Gasteiger partial charge in [-0.3, -0.25) is 4.79 Å². The zero-order valence-corrected chi connectivity index (χ0v) is 11.8. The number of hydrogen-bond acceptors (Lipinski definition) is 3. The summed E-state index contributed by atoms with van der Waals surface area (Å²) in [5, 5.41) is 0. The summed E-state index contributed by atoms with van der Waals surface area (Å²) in [7, 11) is 0. The molecule has 0 heterocycles. The Morgan fingerprint density at radius 2 is 1.71 bits per heavy atom. The standard InChI is InChI=1S/C14H29NO2/c1-4-6-7-8-9-10-11-14(3,12-15)13(16)17-5-2/h4-12,15H2,1-3H3. The number of unbranched alkanes of at least 4 members (excludes halogenated alkanes) is 5. The quantitative estimate of drug-likeness (QED) is 0.473. The Balaban J connectivity index is 3.83. The zero-order chi connectivity index (χ0) is 13.1. The molecule has 102 valence electrons. The first-order chi connectivity index (χ1) is 8.10. The van der Waals surface area contributed by atoms with Gasteiger partial charge in [-0.05, 0) is 20.3 Å². The second-order valence-corrected chi connectivity index (χ2v) is 5.00. The molecule has 0 saturated carbocycles. The number of hydrogen-bond donors (Lipinski definition) is 1. The Labute approximate surface area is 106 Å². The van der Waals surface area contributed by atoms with Gasteiger partial charge in [-0.1, -0.05) is 45.4 Å².